The number of rotatable bonds is 6. The minimum Gasteiger partial charge on any atom is -0.363 e. The number of nitrogens with two attached hydrogens (primary N) is 1. The van der Waals surface area contributed by atoms with Crippen LogP contribution in [0.4, 0.5) is 14.5 Å². The van der Waals surface area contributed by atoms with Gasteiger partial charge in [0, 0.05) is 30.9 Å². The Balaban J connectivity index is 1.95. The van der Waals surface area contributed by atoms with Crippen molar-refractivity contribution in [3.63, 3.8) is 0 Å². The zero-order valence-electron chi connectivity index (χ0n) is 13.8. The molecule has 4 heteroatoms. The monoisotopic (exact) mass is 338 g/mol. The molecule has 0 heterocycles. The Morgan fingerprint density at radius 1 is 0.720 bits per heavy atom. The number of nitrogens with zero attached hydrogens (tertiary/aromatic N) is 1. The number of anilines is 1. The Kier molecular flexibility index (Phi) is 5.41. The molecule has 128 valence electrons. The summed E-state index contributed by atoms with van der Waals surface area (Å²) in [6, 6.07) is 22.4. The van der Waals surface area contributed by atoms with Crippen LogP contribution in [0.15, 0.2) is 72.8 Å². The second-order valence-electron chi connectivity index (χ2n) is 5.92. The van der Waals surface area contributed by atoms with Crippen molar-refractivity contribution in [1.29, 1.82) is 0 Å². The molecular weight excluding hydrogens is 318 g/mol. The second-order valence-corrected chi connectivity index (χ2v) is 5.92. The van der Waals surface area contributed by atoms with Gasteiger partial charge < -0.3 is 10.6 Å². The third kappa shape index (κ3) is 4.22. The highest BCUT2D eigenvalue weighted by Crippen LogP contribution is 2.25. The lowest BCUT2D eigenvalue weighted by Crippen LogP contribution is -2.23. The number of hydrogen-bond acceptors (Lipinski definition) is 2. The fourth-order valence-electron chi connectivity index (χ4n) is 2.81. The van der Waals surface area contributed by atoms with Gasteiger partial charge >= 0.3 is 0 Å². The van der Waals surface area contributed by atoms with Gasteiger partial charge in [-0.2, -0.15) is 0 Å². The molecule has 0 saturated carbocycles. The van der Waals surface area contributed by atoms with Gasteiger partial charge in [0.2, 0.25) is 0 Å². The molecule has 0 saturated heterocycles. The van der Waals surface area contributed by atoms with Crippen LogP contribution in [0.2, 0.25) is 0 Å². The smallest absolute Gasteiger partial charge is 0.132 e. The zero-order chi connectivity index (χ0) is 17.6. The van der Waals surface area contributed by atoms with Gasteiger partial charge in [0.1, 0.15) is 11.6 Å². The standard InChI is InChI=1S/C21H20F2N2/c22-20-11-18(12-21(23)19(20)13-24)25(14-16-7-3-1-4-8-16)15-17-9-5-2-6-10-17/h1-12H,13-15,24H2. The molecule has 25 heavy (non-hydrogen) atoms. The van der Waals surface area contributed by atoms with Gasteiger partial charge in [-0.25, -0.2) is 8.78 Å². The highest BCUT2D eigenvalue weighted by molar-refractivity contribution is 5.50. The van der Waals surface area contributed by atoms with E-state index in [1.54, 1.807) is 0 Å². The van der Waals surface area contributed by atoms with E-state index in [2.05, 4.69) is 0 Å². The zero-order valence-corrected chi connectivity index (χ0v) is 13.8. The van der Waals surface area contributed by atoms with Crippen LogP contribution in [0.1, 0.15) is 16.7 Å². The molecule has 2 N–H and O–H groups in total. The Morgan fingerprint density at radius 2 is 1.16 bits per heavy atom. The van der Waals surface area contributed by atoms with Crippen molar-refractivity contribution in [1.82, 2.24) is 0 Å². The van der Waals surface area contributed by atoms with Gasteiger partial charge in [0.05, 0.1) is 0 Å². The fraction of sp³-hybridized carbons (Fsp3) is 0.143. The topological polar surface area (TPSA) is 29.3 Å². The first-order valence-electron chi connectivity index (χ1n) is 8.18. The molecule has 3 rings (SSSR count). The highest BCUT2D eigenvalue weighted by atomic mass is 19.1. The van der Waals surface area contributed by atoms with Gasteiger partial charge in [-0.05, 0) is 23.3 Å². The summed E-state index contributed by atoms with van der Waals surface area (Å²) in [4.78, 5) is 1.96. The molecule has 0 aliphatic heterocycles. The van der Waals surface area contributed by atoms with E-state index in [0.29, 0.717) is 18.8 Å². The molecule has 0 fully saturated rings. The first kappa shape index (κ1) is 17.1. The predicted molar refractivity (Wildman–Crippen MR) is 97.0 cm³/mol. The summed E-state index contributed by atoms with van der Waals surface area (Å²) < 4.78 is 28.4. The van der Waals surface area contributed by atoms with E-state index in [4.69, 9.17) is 5.73 Å². The fourth-order valence-corrected chi connectivity index (χ4v) is 2.81. The van der Waals surface area contributed by atoms with Crippen molar-refractivity contribution in [3.05, 3.63) is 101 Å². The van der Waals surface area contributed by atoms with E-state index in [9.17, 15) is 8.78 Å². The van der Waals surface area contributed by atoms with Crippen LogP contribution in [-0.4, -0.2) is 0 Å². The van der Waals surface area contributed by atoms with Crippen molar-refractivity contribution in [2.45, 2.75) is 19.6 Å². The van der Waals surface area contributed by atoms with Gasteiger partial charge in [-0.15, -0.1) is 0 Å². The van der Waals surface area contributed by atoms with E-state index in [1.807, 2.05) is 65.6 Å². The SMILES string of the molecule is NCc1c(F)cc(N(Cc2ccccc2)Cc2ccccc2)cc1F. The highest BCUT2D eigenvalue weighted by Gasteiger charge is 2.15. The number of benzene rings is 3. The molecule has 0 aliphatic carbocycles. The molecule has 0 spiro atoms. The maximum atomic E-state index is 14.2. The van der Waals surface area contributed by atoms with Crippen LogP contribution in [0.25, 0.3) is 0 Å². The normalized spacial score (nSPS) is 10.7. The van der Waals surface area contributed by atoms with Crippen molar-refractivity contribution in [2.75, 3.05) is 4.90 Å². The van der Waals surface area contributed by atoms with Crippen molar-refractivity contribution < 1.29 is 8.78 Å². The summed E-state index contributed by atoms with van der Waals surface area (Å²) in [7, 11) is 0. The summed E-state index contributed by atoms with van der Waals surface area (Å²) in [5.41, 5.74) is 7.99. The van der Waals surface area contributed by atoms with E-state index in [-0.39, 0.29) is 12.1 Å². The Morgan fingerprint density at radius 3 is 1.56 bits per heavy atom. The van der Waals surface area contributed by atoms with Gasteiger partial charge in [0.25, 0.3) is 0 Å². The summed E-state index contributed by atoms with van der Waals surface area (Å²) in [6.45, 7) is 0.947. The number of halogens is 2. The minimum atomic E-state index is -0.608. The summed E-state index contributed by atoms with van der Waals surface area (Å²) in [5, 5.41) is 0. The third-order valence-corrected chi connectivity index (χ3v) is 4.13. The Labute approximate surface area is 146 Å². The van der Waals surface area contributed by atoms with Crippen molar-refractivity contribution >= 4 is 5.69 Å². The lowest BCUT2D eigenvalue weighted by molar-refractivity contribution is 0.555. The molecule has 0 amide bonds. The molecule has 0 aromatic heterocycles. The molecule has 3 aromatic rings. The minimum absolute atomic E-state index is 0.0804. The third-order valence-electron chi connectivity index (χ3n) is 4.13. The lowest BCUT2D eigenvalue weighted by atomic mass is 10.1. The molecule has 2 nitrogen and oxygen atoms in total. The maximum Gasteiger partial charge on any atom is 0.132 e. The summed E-state index contributed by atoms with van der Waals surface area (Å²) >= 11 is 0. The molecule has 0 bridgehead atoms. The molecule has 0 atom stereocenters. The molecule has 0 unspecified atom stereocenters. The molecule has 0 radical (unpaired) electrons. The average molecular weight is 338 g/mol. The van der Waals surface area contributed by atoms with E-state index in [0.717, 1.165) is 11.1 Å². The molecule has 3 aromatic carbocycles. The lowest BCUT2D eigenvalue weighted by Gasteiger charge is -2.26. The second kappa shape index (κ2) is 7.90. The predicted octanol–water partition coefficient (Wildman–Crippen LogP) is 4.63. The van der Waals surface area contributed by atoms with Gasteiger partial charge in [0.15, 0.2) is 0 Å². The van der Waals surface area contributed by atoms with E-state index >= 15 is 0 Å². The Hall–Kier alpha value is -2.72. The largest absolute Gasteiger partial charge is 0.363 e. The van der Waals surface area contributed by atoms with Crippen LogP contribution in [0.5, 0.6) is 0 Å². The molecular formula is C21H20F2N2. The maximum absolute atomic E-state index is 14.2. The van der Waals surface area contributed by atoms with Crippen LogP contribution >= 0.6 is 0 Å². The van der Waals surface area contributed by atoms with Crippen LogP contribution < -0.4 is 10.6 Å². The van der Waals surface area contributed by atoms with Crippen molar-refractivity contribution in [2.24, 2.45) is 5.73 Å². The van der Waals surface area contributed by atoms with Crippen LogP contribution in [0, 0.1) is 11.6 Å². The quantitative estimate of drug-likeness (QED) is 0.710. The van der Waals surface area contributed by atoms with E-state index in [1.165, 1.54) is 12.1 Å². The number of hydrogen-bond donors (Lipinski definition) is 1. The summed E-state index contributed by atoms with van der Waals surface area (Å²) in [5.74, 6) is -1.22. The van der Waals surface area contributed by atoms with Gasteiger partial charge in [-0.3, -0.25) is 0 Å². The van der Waals surface area contributed by atoms with E-state index < -0.39 is 11.6 Å². The average Bonchev–Trinajstić information content (AvgIpc) is 2.63. The Bertz CT molecular complexity index is 755. The van der Waals surface area contributed by atoms with Crippen LogP contribution in [0.3, 0.4) is 0 Å². The summed E-state index contributed by atoms with van der Waals surface area (Å²) in [6.07, 6.45) is 0. The first-order chi connectivity index (χ1) is 12.2. The van der Waals surface area contributed by atoms with Crippen LogP contribution in [-0.2, 0) is 19.6 Å². The molecule has 0 aliphatic rings. The van der Waals surface area contributed by atoms with Gasteiger partial charge in [-0.1, -0.05) is 60.7 Å². The first-order valence-corrected chi connectivity index (χ1v) is 8.18. The van der Waals surface area contributed by atoms with Crippen molar-refractivity contribution in [3.8, 4) is 0 Å².